The first-order chi connectivity index (χ1) is 9.42. The fourth-order valence-electron chi connectivity index (χ4n) is 2.81. The van der Waals surface area contributed by atoms with E-state index in [0.717, 1.165) is 6.54 Å². The molecule has 0 saturated carbocycles. The van der Waals surface area contributed by atoms with Crippen LogP contribution >= 0.6 is 0 Å². The van der Waals surface area contributed by atoms with Gasteiger partial charge in [-0.05, 0) is 23.4 Å². The van der Waals surface area contributed by atoms with Crippen LogP contribution in [0.3, 0.4) is 0 Å². The van der Waals surface area contributed by atoms with Crippen molar-refractivity contribution in [3.8, 4) is 0 Å². The third kappa shape index (κ3) is 3.35. The van der Waals surface area contributed by atoms with Crippen LogP contribution < -0.4 is 5.73 Å². The minimum atomic E-state index is 0.202. The van der Waals surface area contributed by atoms with Crippen LogP contribution in [0.25, 0.3) is 10.8 Å². The summed E-state index contributed by atoms with van der Waals surface area (Å²) in [6.45, 7) is 8.34. The second-order valence-corrected chi connectivity index (χ2v) is 6.68. The van der Waals surface area contributed by atoms with Crippen LogP contribution in [0.1, 0.15) is 32.4 Å². The molecule has 2 rings (SSSR count). The Morgan fingerprint density at radius 1 is 1.20 bits per heavy atom. The second-order valence-electron chi connectivity index (χ2n) is 6.68. The van der Waals surface area contributed by atoms with E-state index >= 15 is 0 Å². The molecule has 3 heteroatoms. The Morgan fingerprint density at radius 3 is 2.55 bits per heavy atom. The predicted molar refractivity (Wildman–Crippen MR) is 85.6 cm³/mol. The summed E-state index contributed by atoms with van der Waals surface area (Å²) < 4.78 is 0. The molecule has 0 spiro atoms. The summed E-state index contributed by atoms with van der Waals surface area (Å²) in [6.07, 6.45) is 3.87. The van der Waals surface area contributed by atoms with E-state index in [9.17, 15) is 0 Å². The van der Waals surface area contributed by atoms with Gasteiger partial charge in [-0.3, -0.25) is 9.88 Å². The molecular formula is C17H25N3. The normalized spacial score (nSPS) is 13.9. The smallest absolute Gasteiger partial charge is 0.0489 e. The summed E-state index contributed by atoms with van der Waals surface area (Å²) in [5.41, 5.74) is 7.52. The van der Waals surface area contributed by atoms with Crippen molar-refractivity contribution in [3.05, 3.63) is 42.2 Å². The molecule has 1 heterocycles. The molecule has 1 aromatic carbocycles. The number of likely N-dealkylation sites (N-methyl/N-ethyl adjacent to an activating group) is 1. The van der Waals surface area contributed by atoms with Crippen LogP contribution in [0.5, 0.6) is 0 Å². The maximum absolute atomic E-state index is 6.05. The summed E-state index contributed by atoms with van der Waals surface area (Å²) in [5.74, 6) is 0. The molecule has 0 radical (unpaired) electrons. The number of aromatic nitrogens is 1. The van der Waals surface area contributed by atoms with E-state index in [4.69, 9.17) is 5.73 Å². The van der Waals surface area contributed by atoms with Gasteiger partial charge in [0.05, 0.1) is 0 Å². The van der Waals surface area contributed by atoms with E-state index in [2.05, 4.69) is 55.9 Å². The molecule has 0 aliphatic carbocycles. The lowest BCUT2D eigenvalue weighted by atomic mass is 9.94. The molecule has 2 N–H and O–H groups in total. The van der Waals surface area contributed by atoms with E-state index < -0.39 is 0 Å². The molecule has 20 heavy (non-hydrogen) atoms. The van der Waals surface area contributed by atoms with Gasteiger partial charge in [-0.2, -0.15) is 0 Å². The first kappa shape index (κ1) is 14.9. The molecule has 2 aromatic rings. The Balaban J connectivity index is 2.39. The standard InChI is InChI=1S/C17H25N3/c1-17(2,3)12-20(4)16(9-18)15-11-19-10-13-7-5-6-8-14(13)15/h5-8,10-11,16H,9,12,18H2,1-4H3. The van der Waals surface area contributed by atoms with Gasteiger partial charge in [0.1, 0.15) is 0 Å². The fraction of sp³-hybridized carbons (Fsp3) is 0.471. The third-order valence-corrected chi connectivity index (χ3v) is 3.54. The lowest BCUT2D eigenvalue weighted by Crippen LogP contribution is -2.36. The molecule has 0 amide bonds. The molecule has 0 fully saturated rings. The summed E-state index contributed by atoms with van der Waals surface area (Å²) in [5, 5.41) is 2.42. The van der Waals surface area contributed by atoms with Crippen molar-refractivity contribution in [1.82, 2.24) is 9.88 Å². The first-order valence-corrected chi connectivity index (χ1v) is 7.15. The average Bonchev–Trinajstić information content (AvgIpc) is 2.38. The number of pyridine rings is 1. The van der Waals surface area contributed by atoms with Crippen molar-refractivity contribution >= 4 is 10.8 Å². The van der Waals surface area contributed by atoms with Crippen LogP contribution in [0, 0.1) is 5.41 Å². The number of hydrogen-bond donors (Lipinski definition) is 1. The Kier molecular flexibility index (Phi) is 4.41. The highest BCUT2D eigenvalue weighted by atomic mass is 15.1. The van der Waals surface area contributed by atoms with Crippen molar-refractivity contribution < 1.29 is 0 Å². The SMILES string of the molecule is CN(CC(C)(C)C)C(CN)c1cncc2ccccc12. The topological polar surface area (TPSA) is 42.1 Å². The molecule has 108 valence electrons. The van der Waals surface area contributed by atoms with Gasteiger partial charge in [0.2, 0.25) is 0 Å². The van der Waals surface area contributed by atoms with Crippen molar-refractivity contribution in [2.45, 2.75) is 26.8 Å². The van der Waals surface area contributed by atoms with Crippen LogP contribution in [0.4, 0.5) is 0 Å². The Labute approximate surface area is 121 Å². The minimum absolute atomic E-state index is 0.202. The van der Waals surface area contributed by atoms with Crippen molar-refractivity contribution in [2.75, 3.05) is 20.1 Å². The van der Waals surface area contributed by atoms with E-state index in [0.29, 0.717) is 6.54 Å². The number of fused-ring (bicyclic) bond motifs is 1. The number of hydrogen-bond acceptors (Lipinski definition) is 3. The zero-order valence-corrected chi connectivity index (χ0v) is 12.9. The van der Waals surface area contributed by atoms with Crippen molar-refractivity contribution in [2.24, 2.45) is 11.1 Å². The number of nitrogens with two attached hydrogens (primary N) is 1. The number of benzene rings is 1. The molecule has 3 nitrogen and oxygen atoms in total. The quantitative estimate of drug-likeness (QED) is 0.928. The monoisotopic (exact) mass is 271 g/mol. The first-order valence-electron chi connectivity index (χ1n) is 7.15. The molecular weight excluding hydrogens is 246 g/mol. The molecule has 1 atom stereocenters. The number of nitrogens with zero attached hydrogens (tertiary/aromatic N) is 2. The molecule has 0 aliphatic heterocycles. The maximum atomic E-state index is 6.05. The zero-order chi connectivity index (χ0) is 14.8. The largest absolute Gasteiger partial charge is 0.329 e. The van der Waals surface area contributed by atoms with Gasteiger partial charge in [0.15, 0.2) is 0 Å². The Hall–Kier alpha value is -1.45. The molecule has 0 saturated heterocycles. The summed E-state index contributed by atoms with van der Waals surface area (Å²) in [4.78, 5) is 6.72. The highest BCUT2D eigenvalue weighted by molar-refractivity contribution is 5.85. The average molecular weight is 271 g/mol. The summed E-state index contributed by atoms with van der Waals surface area (Å²) in [7, 11) is 2.14. The van der Waals surface area contributed by atoms with Gasteiger partial charge in [-0.15, -0.1) is 0 Å². The lowest BCUT2D eigenvalue weighted by molar-refractivity contribution is 0.176. The van der Waals surface area contributed by atoms with Crippen LogP contribution in [-0.4, -0.2) is 30.0 Å². The van der Waals surface area contributed by atoms with Gasteiger partial charge in [-0.25, -0.2) is 0 Å². The molecule has 0 bridgehead atoms. The van der Waals surface area contributed by atoms with Crippen molar-refractivity contribution in [1.29, 1.82) is 0 Å². The Bertz CT molecular complexity index is 566. The van der Waals surface area contributed by atoms with Gasteiger partial charge in [0.25, 0.3) is 0 Å². The van der Waals surface area contributed by atoms with Crippen LogP contribution in [-0.2, 0) is 0 Å². The highest BCUT2D eigenvalue weighted by Gasteiger charge is 2.22. The van der Waals surface area contributed by atoms with Crippen LogP contribution in [0.15, 0.2) is 36.7 Å². The number of rotatable bonds is 4. The van der Waals surface area contributed by atoms with Gasteiger partial charge >= 0.3 is 0 Å². The van der Waals surface area contributed by atoms with E-state index in [1.165, 1.54) is 16.3 Å². The highest BCUT2D eigenvalue weighted by Crippen LogP contribution is 2.28. The van der Waals surface area contributed by atoms with E-state index in [1.807, 2.05) is 18.5 Å². The molecule has 1 aromatic heterocycles. The third-order valence-electron chi connectivity index (χ3n) is 3.54. The van der Waals surface area contributed by atoms with E-state index in [-0.39, 0.29) is 11.5 Å². The van der Waals surface area contributed by atoms with Crippen LogP contribution in [0.2, 0.25) is 0 Å². The summed E-state index contributed by atoms with van der Waals surface area (Å²) in [6, 6.07) is 8.57. The lowest BCUT2D eigenvalue weighted by Gasteiger charge is -2.33. The van der Waals surface area contributed by atoms with Gasteiger partial charge in [0, 0.05) is 36.9 Å². The van der Waals surface area contributed by atoms with Gasteiger partial charge < -0.3 is 5.73 Å². The van der Waals surface area contributed by atoms with Gasteiger partial charge in [-0.1, -0.05) is 45.0 Å². The summed E-state index contributed by atoms with van der Waals surface area (Å²) >= 11 is 0. The molecule has 0 aliphatic rings. The molecule has 1 unspecified atom stereocenters. The van der Waals surface area contributed by atoms with E-state index in [1.54, 1.807) is 0 Å². The predicted octanol–water partition coefficient (Wildman–Crippen LogP) is 3.21. The van der Waals surface area contributed by atoms with Crippen molar-refractivity contribution in [3.63, 3.8) is 0 Å². The maximum Gasteiger partial charge on any atom is 0.0489 e. The second kappa shape index (κ2) is 5.90. The minimum Gasteiger partial charge on any atom is -0.329 e. The Morgan fingerprint density at radius 2 is 1.90 bits per heavy atom. The zero-order valence-electron chi connectivity index (χ0n) is 12.9. The fourth-order valence-corrected chi connectivity index (χ4v) is 2.81.